The molecule has 0 fully saturated rings. The zero-order valence-electron chi connectivity index (χ0n) is 11.2. The lowest BCUT2D eigenvalue weighted by Crippen LogP contribution is -2.29. The van der Waals surface area contributed by atoms with Crippen molar-refractivity contribution in [1.29, 1.82) is 0 Å². The van der Waals surface area contributed by atoms with Gasteiger partial charge in [0.2, 0.25) is 0 Å². The van der Waals surface area contributed by atoms with E-state index in [1.54, 1.807) is 36.5 Å². The van der Waals surface area contributed by atoms with Crippen LogP contribution in [0.15, 0.2) is 48.8 Å². The molecule has 1 aromatic carbocycles. The van der Waals surface area contributed by atoms with Crippen LogP contribution in [0.2, 0.25) is 0 Å². The van der Waals surface area contributed by atoms with Crippen molar-refractivity contribution in [2.24, 2.45) is 0 Å². The summed E-state index contributed by atoms with van der Waals surface area (Å²) in [6.07, 6.45) is 3.14. The van der Waals surface area contributed by atoms with Crippen LogP contribution in [-0.2, 0) is 4.79 Å². The first kappa shape index (κ1) is 14.5. The van der Waals surface area contributed by atoms with E-state index in [9.17, 15) is 9.18 Å². The van der Waals surface area contributed by atoms with Crippen molar-refractivity contribution in [3.63, 3.8) is 0 Å². The molecule has 0 spiro atoms. The largest absolute Gasteiger partial charge is 0.482 e. The summed E-state index contributed by atoms with van der Waals surface area (Å²) >= 11 is 0. The van der Waals surface area contributed by atoms with Gasteiger partial charge in [-0.25, -0.2) is 4.39 Å². The van der Waals surface area contributed by atoms with E-state index in [1.165, 1.54) is 12.3 Å². The summed E-state index contributed by atoms with van der Waals surface area (Å²) in [4.78, 5) is 15.4. The highest BCUT2D eigenvalue weighted by molar-refractivity contribution is 5.77. The molecule has 21 heavy (non-hydrogen) atoms. The third-order valence-corrected chi connectivity index (χ3v) is 2.48. The van der Waals surface area contributed by atoms with E-state index < -0.39 is 0 Å². The molecular weight excluding hydrogens is 271 g/mol. The summed E-state index contributed by atoms with van der Waals surface area (Å²) in [7, 11) is 0. The SMILES string of the molecule is O=C(COc1cccnc1)NCC#Cc1ccccc1F. The maximum atomic E-state index is 13.3. The van der Waals surface area contributed by atoms with E-state index in [0.717, 1.165) is 0 Å². The highest BCUT2D eigenvalue weighted by Gasteiger charge is 2.01. The molecular formula is C16H13FN2O2. The number of pyridine rings is 1. The number of carbonyl (C=O) groups is 1. The van der Waals surface area contributed by atoms with Gasteiger partial charge in [0.15, 0.2) is 6.61 Å². The number of nitrogens with one attached hydrogen (secondary N) is 1. The summed E-state index contributed by atoms with van der Waals surface area (Å²) in [5.41, 5.74) is 0.304. The van der Waals surface area contributed by atoms with Gasteiger partial charge >= 0.3 is 0 Å². The van der Waals surface area contributed by atoms with E-state index in [-0.39, 0.29) is 24.9 Å². The van der Waals surface area contributed by atoms with Crippen molar-refractivity contribution in [1.82, 2.24) is 10.3 Å². The Balaban J connectivity index is 1.74. The van der Waals surface area contributed by atoms with Crippen LogP contribution < -0.4 is 10.1 Å². The Hall–Kier alpha value is -2.87. The van der Waals surface area contributed by atoms with Crippen LogP contribution in [0.1, 0.15) is 5.56 Å². The summed E-state index contributed by atoms with van der Waals surface area (Å²) in [6.45, 7) is 0.0106. The maximum absolute atomic E-state index is 13.3. The standard InChI is InChI=1S/C16H13FN2O2/c17-15-8-2-1-5-13(15)6-3-10-19-16(20)12-21-14-7-4-9-18-11-14/h1-2,4-5,7-9,11H,10,12H2,(H,19,20). The molecule has 4 nitrogen and oxygen atoms in total. The average Bonchev–Trinajstić information content (AvgIpc) is 2.52. The van der Waals surface area contributed by atoms with Crippen LogP contribution in [0.5, 0.6) is 5.75 Å². The number of halogens is 1. The zero-order chi connectivity index (χ0) is 14.9. The normalized spacial score (nSPS) is 9.38. The minimum Gasteiger partial charge on any atom is -0.482 e. The molecule has 1 amide bonds. The van der Waals surface area contributed by atoms with Gasteiger partial charge in [0.1, 0.15) is 11.6 Å². The summed E-state index contributed by atoms with van der Waals surface area (Å²) in [6, 6.07) is 9.64. The van der Waals surface area contributed by atoms with Crippen LogP contribution in [0.4, 0.5) is 4.39 Å². The number of aromatic nitrogens is 1. The molecule has 1 heterocycles. The lowest BCUT2D eigenvalue weighted by molar-refractivity contribution is -0.122. The molecule has 2 rings (SSSR count). The van der Waals surface area contributed by atoms with E-state index in [0.29, 0.717) is 11.3 Å². The first-order chi connectivity index (χ1) is 10.3. The monoisotopic (exact) mass is 284 g/mol. The zero-order valence-corrected chi connectivity index (χ0v) is 11.2. The second-order valence-corrected chi connectivity index (χ2v) is 4.04. The molecule has 106 valence electrons. The summed E-state index contributed by atoms with van der Waals surface area (Å²) < 4.78 is 18.5. The van der Waals surface area contributed by atoms with Crippen molar-refractivity contribution in [2.45, 2.75) is 0 Å². The Morgan fingerprint density at radius 1 is 1.29 bits per heavy atom. The Morgan fingerprint density at radius 2 is 2.14 bits per heavy atom. The minimum absolute atomic E-state index is 0.118. The third-order valence-electron chi connectivity index (χ3n) is 2.48. The molecule has 0 radical (unpaired) electrons. The summed E-state index contributed by atoms with van der Waals surface area (Å²) in [5.74, 6) is 5.17. The third kappa shape index (κ3) is 4.96. The molecule has 0 aliphatic rings. The predicted molar refractivity (Wildman–Crippen MR) is 76.0 cm³/mol. The fourth-order valence-electron chi connectivity index (χ4n) is 1.48. The average molecular weight is 284 g/mol. The number of carbonyl (C=O) groups excluding carboxylic acids is 1. The van der Waals surface area contributed by atoms with Gasteiger partial charge in [0.05, 0.1) is 18.3 Å². The van der Waals surface area contributed by atoms with Gasteiger partial charge in [-0.15, -0.1) is 0 Å². The summed E-state index contributed by atoms with van der Waals surface area (Å²) in [5, 5.41) is 2.56. The number of hydrogen-bond acceptors (Lipinski definition) is 3. The minimum atomic E-state index is -0.378. The lowest BCUT2D eigenvalue weighted by Gasteiger charge is -2.04. The van der Waals surface area contributed by atoms with Gasteiger partial charge in [-0.1, -0.05) is 24.0 Å². The van der Waals surface area contributed by atoms with E-state index in [2.05, 4.69) is 22.1 Å². The van der Waals surface area contributed by atoms with Gasteiger partial charge in [-0.2, -0.15) is 0 Å². The molecule has 0 aliphatic carbocycles. The van der Waals surface area contributed by atoms with Crippen molar-refractivity contribution >= 4 is 5.91 Å². The van der Waals surface area contributed by atoms with Gasteiger partial charge in [-0.05, 0) is 24.3 Å². The molecule has 0 aliphatic heterocycles. The number of rotatable bonds is 4. The Morgan fingerprint density at radius 3 is 2.90 bits per heavy atom. The second-order valence-electron chi connectivity index (χ2n) is 4.04. The molecule has 5 heteroatoms. The molecule has 0 atom stereocenters. The molecule has 1 N–H and O–H groups in total. The van der Waals surface area contributed by atoms with E-state index >= 15 is 0 Å². The fourth-order valence-corrected chi connectivity index (χ4v) is 1.48. The van der Waals surface area contributed by atoms with Gasteiger partial charge < -0.3 is 10.1 Å². The molecule has 0 bridgehead atoms. The maximum Gasteiger partial charge on any atom is 0.258 e. The number of ether oxygens (including phenoxy) is 1. The van der Waals surface area contributed by atoms with Crippen molar-refractivity contribution in [3.8, 4) is 17.6 Å². The molecule has 1 aromatic heterocycles. The van der Waals surface area contributed by atoms with Gasteiger partial charge in [0.25, 0.3) is 5.91 Å². The van der Waals surface area contributed by atoms with Gasteiger partial charge in [0, 0.05) is 6.20 Å². The van der Waals surface area contributed by atoms with Gasteiger partial charge in [-0.3, -0.25) is 9.78 Å². The van der Waals surface area contributed by atoms with Crippen molar-refractivity contribution in [3.05, 3.63) is 60.2 Å². The Kier molecular flexibility index (Phi) is 5.30. The van der Waals surface area contributed by atoms with Crippen molar-refractivity contribution in [2.75, 3.05) is 13.2 Å². The predicted octanol–water partition coefficient (Wildman–Crippen LogP) is 1.77. The van der Waals surface area contributed by atoms with E-state index in [1.807, 2.05) is 0 Å². The topological polar surface area (TPSA) is 51.2 Å². The molecule has 2 aromatic rings. The van der Waals surface area contributed by atoms with Crippen LogP contribution in [0.3, 0.4) is 0 Å². The van der Waals surface area contributed by atoms with Crippen LogP contribution >= 0.6 is 0 Å². The first-order valence-electron chi connectivity index (χ1n) is 6.28. The number of hydrogen-bond donors (Lipinski definition) is 1. The fraction of sp³-hybridized carbons (Fsp3) is 0.125. The van der Waals surface area contributed by atoms with Crippen molar-refractivity contribution < 1.29 is 13.9 Å². The first-order valence-corrected chi connectivity index (χ1v) is 6.28. The molecule has 0 saturated heterocycles. The number of nitrogens with zero attached hydrogens (tertiary/aromatic N) is 1. The molecule has 0 unspecified atom stereocenters. The van der Waals surface area contributed by atoms with E-state index in [4.69, 9.17) is 4.74 Å². The highest BCUT2D eigenvalue weighted by atomic mass is 19.1. The lowest BCUT2D eigenvalue weighted by atomic mass is 10.2. The van der Waals surface area contributed by atoms with Crippen LogP contribution in [0, 0.1) is 17.7 Å². The Labute approximate surface area is 122 Å². The second kappa shape index (κ2) is 7.65. The smallest absolute Gasteiger partial charge is 0.258 e. The van der Waals surface area contributed by atoms with Crippen LogP contribution in [0.25, 0.3) is 0 Å². The number of benzene rings is 1. The number of amides is 1. The highest BCUT2D eigenvalue weighted by Crippen LogP contribution is 2.05. The van der Waals surface area contributed by atoms with Crippen LogP contribution in [-0.4, -0.2) is 24.0 Å². The Bertz CT molecular complexity index is 663. The molecule has 0 saturated carbocycles. The quantitative estimate of drug-likeness (QED) is 0.871.